The van der Waals surface area contributed by atoms with Gasteiger partial charge in [-0.1, -0.05) is 27.7 Å². The number of rotatable bonds is 6. The summed E-state index contributed by atoms with van der Waals surface area (Å²) in [6.45, 7) is 13.8. The number of aryl methyl sites for hydroxylation is 1. The molecule has 0 saturated carbocycles. The van der Waals surface area contributed by atoms with Crippen molar-refractivity contribution in [2.75, 3.05) is 13.1 Å². The SMILES string of the molecule is CCN(Cc1c(C)nc2cc(C=CC(=O)NO)ccn12)CC(C)(C)C. The molecule has 25 heavy (non-hydrogen) atoms. The molecule has 0 aliphatic carbocycles. The minimum absolute atomic E-state index is 0.246. The second-order valence-corrected chi connectivity index (χ2v) is 7.51. The molecule has 2 N–H and O–H groups in total. The third-order valence-electron chi connectivity index (χ3n) is 4.01. The van der Waals surface area contributed by atoms with Gasteiger partial charge < -0.3 is 4.40 Å². The average Bonchev–Trinajstić information content (AvgIpc) is 2.85. The lowest BCUT2D eigenvalue weighted by atomic mass is 9.96. The van der Waals surface area contributed by atoms with E-state index in [1.807, 2.05) is 25.3 Å². The second-order valence-electron chi connectivity index (χ2n) is 7.51. The Morgan fingerprint density at radius 1 is 1.44 bits per heavy atom. The molecule has 2 aromatic heterocycles. The molecule has 0 aliphatic rings. The fourth-order valence-corrected chi connectivity index (χ4v) is 2.89. The summed E-state index contributed by atoms with van der Waals surface area (Å²) in [6, 6.07) is 3.86. The lowest BCUT2D eigenvalue weighted by Crippen LogP contribution is -2.32. The van der Waals surface area contributed by atoms with Crippen LogP contribution in [0.4, 0.5) is 0 Å². The number of carbonyl (C=O) groups excluding carboxylic acids is 1. The number of aromatic nitrogens is 2. The molecule has 136 valence electrons. The minimum Gasteiger partial charge on any atom is -0.302 e. The molecule has 0 fully saturated rings. The van der Waals surface area contributed by atoms with Gasteiger partial charge in [-0.25, -0.2) is 10.5 Å². The molecule has 0 atom stereocenters. The van der Waals surface area contributed by atoms with Gasteiger partial charge in [0.15, 0.2) is 0 Å². The normalized spacial score (nSPS) is 12.4. The highest BCUT2D eigenvalue weighted by Crippen LogP contribution is 2.20. The maximum Gasteiger partial charge on any atom is 0.267 e. The van der Waals surface area contributed by atoms with E-state index in [0.29, 0.717) is 0 Å². The number of nitrogens with one attached hydrogen (secondary N) is 1. The summed E-state index contributed by atoms with van der Waals surface area (Å²) < 4.78 is 2.10. The van der Waals surface area contributed by atoms with Crippen LogP contribution in [0.3, 0.4) is 0 Å². The van der Waals surface area contributed by atoms with E-state index in [-0.39, 0.29) is 5.41 Å². The molecule has 0 aliphatic heterocycles. The smallest absolute Gasteiger partial charge is 0.267 e. The van der Waals surface area contributed by atoms with Crippen molar-refractivity contribution in [2.45, 2.75) is 41.2 Å². The molecule has 0 unspecified atom stereocenters. The quantitative estimate of drug-likeness (QED) is 0.480. The first-order chi connectivity index (χ1) is 11.7. The van der Waals surface area contributed by atoms with Crippen LogP contribution < -0.4 is 5.48 Å². The predicted molar refractivity (Wildman–Crippen MR) is 99.3 cm³/mol. The number of amides is 1. The fourth-order valence-electron chi connectivity index (χ4n) is 2.89. The van der Waals surface area contributed by atoms with E-state index in [1.54, 1.807) is 11.6 Å². The van der Waals surface area contributed by atoms with Crippen molar-refractivity contribution in [3.63, 3.8) is 0 Å². The van der Waals surface area contributed by atoms with Gasteiger partial charge in [-0.05, 0) is 42.7 Å². The van der Waals surface area contributed by atoms with E-state index in [9.17, 15) is 4.79 Å². The maximum atomic E-state index is 11.1. The van der Waals surface area contributed by atoms with Crippen LogP contribution in [-0.4, -0.2) is 38.5 Å². The van der Waals surface area contributed by atoms with Gasteiger partial charge in [-0.2, -0.15) is 0 Å². The van der Waals surface area contributed by atoms with Gasteiger partial charge in [-0.3, -0.25) is 14.9 Å². The van der Waals surface area contributed by atoms with Gasteiger partial charge in [0, 0.05) is 25.4 Å². The summed E-state index contributed by atoms with van der Waals surface area (Å²) in [4.78, 5) is 18.2. The standard InChI is InChI=1S/C19H28N4O2/c1-6-22(13-19(3,4)5)12-16-14(2)20-17-11-15(9-10-23(16)17)7-8-18(24)21-25/h7-11,25H,6,12-13H2,1-5H3,(H,21,24). The Hall–Kier alpha value is -2.18. The fraction of sp³-hybridized carbons (Fsp3) is 0.474. The highest BCUT2D eigenvalue weighted by atomic mass is 16.5. The first-order valence-corrected chi connectivity index (χ1v) is 8.55. The Morgan fingerprint density at radius 3 is 2.76 bits per heavy atom. The Kier molecular flexibility index (Phi) is 5.98. The van der Waals surface area contributed by atoms with E-state index in [4.69, 9.17) is 5.21 Å². The summed E-state index contributed by atoms with van der Waals surface area (Å²) >= 11 is 0. The molecule has 0 radical (unpaired) electrons. The van der Waals surface area contributed by atoms with Gasteiger partial charge in [0.05, 0.1) is 11.4 Å². The summed E-state index contributed by atoms with van der Waals surface area (Å²) in [6.07, 6.45) is 4.91. The van der Waals surface area contributed by atoms with Crippen LogP contribution in [0, 0.1) is 12.3 Å². The van der Waals surface area contributed by atoms with Crippen molar-refractivity contribution in [1.29, 1.82) is 0 Å². The van der Waals surface area contributed by atoms with Crippen LogP contribution in [0.2, 0.25) is 0 Å². The van der Waals surface area contributed by atoms with Crippen LogP contribution >= 0.6 is 0 Å². The van der Waals surface area contributed by atoms with E-state index in [1.165, 1.54) is 11.8 Å². The molecule has 0 aromatic carbocycles. The highest BCUT2D eigenvalue weighted by Gasteiger charge is 2.18. The van der Waals surface area contributed by atoms with Gasteiger partial charge in [0.1, 0.15) is 5.65 Å². The first-order valence-electron chi connectivity index (χ1n) is 8.55. The zero-order valence-corrected chi connectivity index (χ0v) is 15.7. The van der Waals surface area contributed by atoms with E-state index >= 15 is 0 Å². The zero-order valence-electron chi connectivity index (χ0n) is 15.7. The lowest BCUT2D eigenvalue weighted by Gasteiger charge is -2.29. The third kappa shape index (κ3) is 5.14. The van der Waals surface area contributed by atoms with Crippen molar-refractivity contribution in [1.82, 2.24) is 19.8 Å². The van der Waals surface area contributed by atoms with Crippen molar-refractivity contribution in [3.8, 4) is 0 Å². The molecule has 0 bridgehead atoms. The number of nitrogens with zero attached hydrogens (tertiary/aromatic N) is 3. The van der Waals surface area contributed by atoms with Gasteiger partial charge in [0.25, 0.3) is 5.91 Å². The van der Waals surface area contributed by atoms with Crippen LogP contribution in [0.25, 0.3) is 11.7 Å². The topological polar surface area (TPSA) is 69.9 Å². The maximum absolute atomic E-state index is 11.1. The predicted octanol–water partition coefficient (Wildman–Crippen LogP) is 3.03. The monoisotopic (exact) mass is 344 g/mol. The second kappa shape index (κ2) is 7.80. The molecule has 2 rings (SSSR count). The molecule has 2 heterocycles. The van der Waals surface area contributed by atoms with Crippen molar-refractivity contribution < 1.29 is 10.0 Å². The molecule has 2 aromatic rings. The Bertz CT molecular complexity index is 772. The van der Waals surface area contributed by atoms with E-state index in [0.717, 1.165) is 36.5 Å². The van der Waals surface area contributed by atoms with Crippen molar-refractivity contribution >= 4 is 17.6 Å². The zero-order chi connectivity index (χ0) is 18.6. The van der Waals surface area contributed by atoms with E-state index in [2.05, 4.69) is 42.0 Å². The summed E-state index contributed by atoms with van der Waals surface area (Å²) in [5.74, 6) is -0.555. The Labute approximate surface area is 149 Å². The molecule has 6 nitrogen and oxygen atoms in total. The summed E-state index contributed by atoms with van der Waals surface area (Å²) in [7, 11) is 0. The Morgan fingerprint density at radius 2 is 2.16 bits per heavy atom. The van der Waals surface area contributed by atoms with Crippen LogP contribution in [-0.2, 0) is 11.3 Å². The summed E-state index contributed by atoms with van der Waals surface area (Å²) in [5, 5.41) is 8.54. The Balaban J connectivity index is 2.28. The number of carbonyl (C=O) groups is 1. The molecular formula is C19H28N4O2. The van der Waals surface area contributed by atoms with E-state index < -0.39 is 5.91 Å². The molecule has 0 saturated heterocycles. The van der Waals surface area contributed by atoms with Crippen LogP contribution in [0.1, 0.15) is 44.6 Å². The molecule has 6 heteroatoms. The van der Waals surface area contributed by atoms with Crippen molar-refractivity contribution in [2.24, 2.45) is 5.41 Å². The number of imidazole rings is 1. The number of pyridine rings is 1. The molecular weight excluding hydrogens is 316 g/mol. The third-order valence-corrected chi connectivity index (χ3v) is 4.01. The highest BCUT2D eigenvalue weighted by molar-refractivity contribution is 5.90. The van der Waals surface area contributed by atoms with Gasteiger partial charge >= 0.3 is 0 Å². The minimum atomic E-state index is -0.555. The number of hydroxylamine groups is 1. The number of fused-ring (bicyclic) bond motifs is 1. The molecule has 1 amide bonds. The van der Waals surface area contributed by atoms with Crippen LogP contribution in [0.15, 0.2) is 24.4 Å². The van der Waals surface area contributed by atoms with Gasteiger partial charge in [-0.15, -0.1) is 0 Å². The summed E-state index contributed by atoms with van der Waals surface area (Å²) in [5.41, 5.74) is 5.73. The number of hydrogen-bond acceptors (Lipinski definition) is 4. The van der Waals surface area contributed by atoms with Crippen molar-refractivity contribution in [3.05, 3.63) is 41.4 Å². The molecule has 0 spiro atoms. The van der Waals surface area contributed by atoms with Gasteiger partial charge in [0.2, 0.25) is 0 Å². The number of hydrogen-bond donors (Lipinski definition) is 2. The lowest BCUT2D eigenvalue weighted by molar-refractivity contribution is -0.124. The average molecular weight is 344 g/mol. The first kappa shape index (κ1) is 19.1. The van der Waals surface area contributed by atoms with Crippen LogP contribution in [0.5, 0.6) is 0 Å². The largest absolute Gasteiger partial charge is 0.302 e.